The molecule has 0 spiro atoms. The van der Waals surface area contributed by atoms with Crippen LogP contribution in [0.5, 0.6) is 0 Å². The number of carbonyl (C=O) groups excluding carboxylic acids is 2. The number of hydrogen-bond donors (Lipinski definition) is 2. The van der Waals surface area contributed by atoms with E-state index in [1.807, 2.05) is 44.2 Å². The first-order valence-electron chi connectivity index (χ1n) is 7.66. The van der Waals surface area contributed by atoms with Gasteiger partial charge in [-0.3, -0.25) is 9.59 Å². The predicted octanol–water partition coefficient (Wildman–Crippen LogP) is 2.93. The molecule has 2 N–H and O–H groups in total. The van der Waals surface area contributed by atoms with Crippen LogP contribution in [0.25, 0.3) is 0 Å². The minimum absolute atomic E-state index is 0.0613. The van der Waals surface area contributed by atoms with E-state index in [1.54, 1.807) is 0 Å². The van der Waals surface area contributed by atoms with Crippen molar-refractivity contribution in [2.24, 2.45) is 5.92 Å². The molecule has 24 heavy (non-hydrogen) atoms. The van der Waals surface area contributed by atoms with E-state index in [0.717, 1.165) is 12.0 Å². The number of amides is 2. The van der Waals surface area contributed by atoms with Crippen LogP contribution < -0.4 is 10.6 Å². The molecule has 1 heterocycles. The number of nitrogens with one attached hydrogen (secondary N) is 2. The van der Waals surface area contributed by atoms with E-state index in [-0.39, 0.29) is 23.5 Å². The van der Waals surface area contributed by atoms with Gasteiger partial charge in [0.25, 0.3) is 0 Å². The first-order chi connectivity index (χ1) is 11.6. The Hall–Kier alpha value is -1.93. The number of aromatic nitrogens is 2. The molecule has 6 nitrogen and oxygen atoms in total. The molecule has 0 aliphatic carbocycles. The van der Waals surface area contributed by atoms with Crippen molar-refractivity contribution in [3.8, 4) is 0 Å². The largest absolute Gasteiger partial charge is 0.351 e. The van der Waals surface area contributed by atoms with Gasteiger partial charge in [-0.15, -0.1) is 10.2 Å². The Balaban J connectivity index is 1.74. The molecule has 0 fully saturated rings. The maximum Gasteiger partial charge on any atom is 0.230 e. The van der Waals surface area contributed by atoms with Crippen LogP contribution in [0.4, 0.5) is 5.13 Å². The Morgan fingerprint density at radius 3 is 2.71 bits per heavy atom. The summed E-state index contributed by atoms with van der Waals surface area (Å²) < 4.78 is 0.657. The second-order valence-corrected chi connectivity index (χ2v) is 7.42. The third kappa shape index (κ3) is 5.93. The van der Waals surface area contributed by atoms with Crippen LogP contribution in [0.3, 0.4) is 0 Å². The zero-order valence-electron chi connectivity index (χ0n) is 13.6. The van der Waals surface area contributed by atoms with Gasteiger partial charge in [0.2, 0.25) is 16.9 Å². The van der Waals surface area contributed by atoms with E-state index in [2.05, 4.69) is 20.8 Å². The monoisotopic (exact) mass is 364 g/mol. The van der Waals surface area contributed by atoms with Crippen LogP contribution >= 0.6 is 23.1 Å². The average Bonchev–Trinajstić information content (AvgIpc) is 3.05. The van der Waals surface area contributed by atoms with E-state index >= 15 is 0 Å². The zero-order chi connectivity index (χ0) is 17.4. The molecule has 1 aromatic carbocycles. The van der Waals surface area contributed by atoms with Gasteiger partial charge < -0.3 is 10.6 Å². The summed E-state index contributed by atoms with van der Waals surface area (Å²) in [6.45, 7) is 4.33. The van der Waals surface area contributed by atoms with Crippen molar-refractivity contribution in [3.63, 3.8) is 0 Å². The highest BCUT2D eigenvalue weighted by Gasteiger charge is 2.14. The van der Waals surface area contributed by atoms with Gasteiger partial charge in [-0.05, 0) is 12.0 Å². The molecule has 0 saturated heterocycles. The van der Waals surface area contributed by atoms with Crippen LogP contribution in [0.2, 0.25) is 0 Å². The molecule has 0 radical (unpaired) electrons. The van der Waals surface area contributed by atoms with Gasteiger partial charge in [0.1, 0.15) is 0 Å². The molecule has 2 amide bonds. The molecule has 1 atom stereocenters. The Labute approximate surface area is 149 Å². The third-order valence-electron chi connectivity index (χ3n) is 3.36. The van der Waals surface area contributed by atoms with Crippen molar-refractivity contribution in [1.29, 1.82) is 0 Å². The third-order valence-corrected chi connectivity index (χ3v) is 5.33. The van der Waals surface area contributed by atoms with E-state index in [1.165, 1.54) is 23.1 Å². The number of thioether (sulfide) groups is 1. The van der Waals surface area contributed by atoms with Gasteiger partial charge in [0.05, 0.1) is 5.75 Å². The first kappa shape index (κ1) is 18.4. The van der Waals surface area contributed by atoms with E-state index < -0.39 is 0 Å². The number of benzene rings is 1. The molecule has 0 aliphatic rings. The number of nitrogens with zero attached hydrogens (tertiary/aromatic N) is 2. The van der Waals surface area contributed by atoms with Crippen molar-refractivity contribution in [3.05, 3.63) is 35.9 Å². The highest BCUT2D eigenvalue weighted by Crippen LogP contribution is 2.25. The van der Waals surface area contributed by atoms with Gasteiger partial charge in [-0.1, -0.05) is 67.3 Å². The zero-order valence-corrected chi connectivity index (χ0v) is 15.2. The predicted molar refractivity (Wildman–Crippen MR) is 97.0 cm³/mol. The molecular formula is C16H20N4O2S2. The lowest BCUT2D eigenvalue weighted by atomic mass is 10.1. The fraction of sp³-hybridized carbons (Fsp3) is 0.375. The van der Waals surface area contributed by atoms with Crippen LogP contribution in [-0.4, -0.2) is 27.8 Å². The summed E-state index contributed by atoms with van der Waals surface area (Å²) in [6, 6.07) is 9.74. The standard InChI is InChI=1S/C16H20N4O2S2/c1-3-11(2)14(22)18-15-19-20-16(24-15)23-10-13(21)17-9-12-7-5-4-6-8-12/h4-8,11H,3,9-10H2,1-2H3,(H,17,21)(H,18,19,22). The lowest BCUT2D eigenvalue weighted by Gasteiger charge is -2.06. The minimum atomic E-state index is -0.0655. The van der Waals surface area contributed by atoms with Gasteiger partial charge in [-0.25, -0.2) is 0 Å². The Morgan fingerprint density at radius 1 is 1.25 bits per heavy atom. The number of anilines is 1. The van der Waals surface area contributed by atoms with E-state index in [4.69, 9.17) is 0 Å². The number of rotatable bonds is 8. The van der Waals surface area contributed by atoms with Gasteiger partial charge >= 0.3 is 0 Å². The molecule has 8 heteroatoms. The van der Waals surface area contributed by atoms with Crippen molar-refractivity contribution >= 4 is 40.0 Å². The quantitative estimate of drug-likeness (QED) is 0.556. The fourth-order valence-electron chi connectivity index (χ4n) is 1.71. The Bertz CT molecular complexity index is 676. The Morgan fingerprint density at radius 2 is 2.00 bits per heavy atom. The molecule has 2 aromatic rings. The topological polar surface area (TPSA) is 84.0 Å². The number of carbonyl (C=O) groups is 2. The summed E-state index contributed by atoms with van der Waals surface area (Å²) in [6.07, 6.45) is 0.772. The maximum absolute atomic E-state index is 11.9. The summed E-state index contributed by atoms with van der Waals surface area (Å²) in [4.78, 5) is 23.7. The van der Waals surface area contributed by atoms with Crippen LogP contribution in [-0.2, 0) is 16.1 Å². The van der Waals surface area contributed by atoms with Crippen molar-refractivity contribution < 1.29 is 9.59 Å². The first-order valence-corrected chi connectivity index (χ1v) is 9.46. The van der Waals surface area contributed by atoms with Crippen LogP contribution in [0, 0.1) is 5.92 Å². The van der Waals surface area contributed by atoms with Crippen molar-refractivity contribution in [2.45, 2.75) is 31.2 Å². The smallest absolute Gasteiger partial charge is 0.230 e. The maximum atomic E-state index is 11.9. The SMILES string of the molecule is CCC(C)C(=O)Nc1nnc(SCC(=O)NCc2ccccc2)s1. The van der Waals surface area contributed by atoms with Crippen LogP contribution in [0.1, 0.15) is 25.8 Å². The van der Waals surface area contributed by atoms with Crippen molar-refractivity contribution in [1.82, 2.24) is 15.5 Å². The van der Waals surface area contributed by atoms with Gasteiger partial charge in [-0.2, -0.15) is 0 Å². The summed E-state index contributed by atoms with van der Waals surface area (Å²) in [5.41, 5.74) is 1.06. The highest BCUT2D eigenvalue weighted by atomic mass is 32.2. The lowest BCUT2D eigenvalue weighted by Crippen LogP contribution is -2.24. The van der Waals surface area contributed by atoms with Crippen molar-refractivity contribution in [2.75, 3.05) is 11.1 Å². The van der Waals surface area contributed by atoms with Gasteiger partial charge in [0.15, 0.2) is 4.34 Å². The lowest BCUT2D eigenvalue weighted by molar-refractivity contribution is -0.120. The fourth-order valence-corrected chi connectivity index (χ4v) is 3.29. The van der Waals surface area contributed by atoms with Gasteiger partial charge in [0, 0.05) is 12.5 Å². The minimum Gasteiger partial charge on any atom is -0.351 e. The van der Waals surface area contributed by atoms with E-state index in [0.29, 0.717) is 16.0 Å². The molecule has 0 aliphatic heterocycles. The average molecular weight is 364 g/mol. The summed E-state index contributed by atoms with van der Waals surface area (Å²) in [7, 11) is 0. The molecule has 0 saturated carbocycles. The molecule has 1 unspecified atom stereocenters. The molecular weight excluding hydrogens is 344 g/mol. The second kappa shape index (κ2) is 9.39. The van der Waals surface area contributed by atoms with E-state index in [9.17, 15) is 9.59 Å². The second-order valence-electron chi connectivity index (χ2n) is 5.22. The normalized spacial score (nSPS) is 11.8. The Kier molecular flexibility index (Phi) is 7.20. The molecule has 0 bridgehead atoms. The molecule has 2 rings (SSSR count). The van der Waals surface area contributed by atoms with Crippen LogP contribution in [0.15, 0.2) is 34.7 Å². The molecule has 128 valence electrons. The molecule has 1 aromatic heterocycles. The highest BCUT2D eigenvalue weighted by molar-refractivity contribution is 8.01. The summed E-state index contributed by atoms with van der Waals surface area (Å²) >= 11 is 2.58. The number of hydrogen-bond acceptors (Lipinski definition) is 6. The summed E-state index contributed by atoms with van der Waals surface area (Å²) in [5, 5.41) is 14.0. The summed E-state index contributed by atoms with van der Waals surface area (Å²) in [5.74, 6) is 0.0737.